The molecule has 1 amide bonds. The molecule has 0 aromatic rings. The number of hydrogen-bond donors (Lipinski definition) is 2. The maximum absolute atomic E-state index is 12.6. The van der Waals surface area contributed by atoms with Gasteiger partial charge in [-0.25, -0.2) is 0 Å². The number of nitrogens with one attached hydrogen (secondary N) is 1. The van der Waals surface area contributed by atoms with E-state index in [2.05, 4.69) is 5.32 Å². The second-order valence-corrected chi connectivity index (χ2v) is 12.7. The fraction of sp³-hybridized carbons (Fsp3) is 0.920. The molecular weight excluding hydrogens is 378 g/mol. The van der Waals surface area contributed by atoms with Gasteiger partial charge in [0.05, 0.1) is 12.0 Å². The summed E-state index contributed by atoms with van der Waals surface area (Å²) >= 11 is 0. The van der Waals surface area contributed by atoms with Crippen molar-refractivity contribution in [1.82, 2.24) is 5.32 Å². The molecule has 0 aliphatic heterocycles. The number of carbonyl (C=O) groups is 2. The van der Waals surface area contributed by atoms with Crippen LogP contribution in [0.25, 0.3) is 0 Å². The van der Waals surface area contributed by atoms with Gasteiger partial charge in [0, 0.05) is 6.54 Å². The lowest BCUT2D eigenvalue weighted by Gasteiger charge is -2.60. The smallest absolute Gasteiger partial charge is 0.306 e. The van der Waals surface area contributed by atoms with Gasteiger partial charge in [-0.1, -0.05) is 0 Å². The van der Waals surface area contributed by atoms with Crippen LogP contribution < -0.4 is 5.32 Å². The molecule has 0 saturated heterocycles. The molecule has 2 atom stereocenters. The van der Waals surface area contributed by atoms with Crippen LogP contribution in [0, 0.1) is 40.4 Å². The van der Waals surface area contributed by atoms with Crippen LogP contribution in [0.3, 0.4) is 0 Å². The van der Waals surface area contributed by atoms with Crippen LogP contribution in [0.15, 0.2) is 0 Å². The van der Waals surface area contributed by atoms with E-state index in [-0.39, 0.29) is 23.9 Å². The molecule has 8 saturated carbocycles. The van der Waals surface area contributed by atoms with Gasteiger partial charge in [0.25, 0.3) is 5.91 Å². The van der Waals surface area contributed by atoms with Crippen molar-refractivity contribution in [3.8, 4) is 0 Å². The summed E-state index contributed by atoms with van der Waals surface area (Å²) in [5.41, 5.74) is -0.339. The van der Waals surface area contributed by atoms with Gasteiger partial charge in [-0.05, 0) is 117 Å². The summed E-state index contributed by atoms with van der Waals surface area (Å²) in [5, 5.41) is 14.0. The van der Waals surface area contributed by atoms with E-state index in [9.17, 15) is 14.7 Å². The highest BCUT2D eigenvalue weighted by Gasteiger charge is 2.57. The molecule has 0 spiro atoms. The highest BCUT2D eigenvalue weighted by molar-refractivity contribution is 5.80. The highest BCUT2D eigenvalue weighted by atomic mass is 16.5. The third kappa shape index (κ3) is 3.49. The van der Waals surface area contributed by atoms with Gasteiger partial charge in [0.2, 0.25) is 0 Å². The van der Waals surface area contributed by atoms with Gasteiger partial charge in [-0.2, -0.15) is 0 Å². The third-order valence-electron chi connectivity index (χ3n) is 9.86. The van der Waals surface area contributed by atoms with Crippen LogP contribution in [0.5, 0.6) is 0 Å². The molecule has 0 aromatic heterocycles. The minimum atomic E-state index is -0.556. The number of esters is 1. The molecule has 30 heavy (non-hydrogen) atoms. The zero-order valence-corrected chi connectivity index (χ0v) is 18.2. The van der Waals surface area contributed by atoms with Crippen molar-refractivity contribution in [2.75, 3.05) is 13.2 Å². The fourth-order valence-electron chi connectivity index (χ4n) is 9.96. The van der Waals surface area contributed by atoms with Gasteiger partial charge in [-0.3, -0.25) is 9.59 Å². The predicted octanol–water partition coefficient (Wildman–Crippen LogP) is 3.58. The van der Waals surface area contributed by atoms with Gasteiger partial charge < -0.3 is 15.2 Å². The number of carbonyl (C=O) groups excluding carboxylic acids is 2. The van der Waals surface area contributed by atoms with Gasteiger partial charge >= 0.3 is 5.97 Å². The maximum Gasteiger partial charge on any atom is 0.306 e. The molecule has 2 N–H and O–H groups in total. The summed E-state index contributed by atoms with van der Waals surface area (Å²) in [7, 11) is 0. The topological polar surface area (TPSA) is 75.6 Å². The Morgan fingerprint density at radius 3 is 1.90 bits per heavy atom. The SMILES string of the molecule is O=C(COC(=O)CC12C[C@@H]3C[C@H](CC(O)(C3)C1)C2)NCC12CC3CC(CC(C3)C1)C2. The minimum absolute atomic E-state index is 0.0917. The number of ether oxygens (including phenoxy) is 1. The van der Waals surface area contributed by atoms with Crippen molar-refractivity contribution in [1.29, 1.82) is 0 Å². The molecule has 0 radical (unpaired) electrons. The molecule has 5 heteroatoms. The summed E-state index contributed by atoms with van der Waals surface area (Å²) in [6, 6.07) is 0. The van der Waals surface area contributed by atoms with Crippen molar-refractivity contribution in [3.05, 3.63) is 0 Å². The first-order valence-electron chi connectivity index (χ1n) is 12.4. The van der Waals surface area contributed by atoms with E-state index in [0.29, 0.717) is 23.7 Å². The Labute approximate surface area is 179 Å². The Morgan fingerprint density at radius 2 is 1.33 bits per heavy atom. The second kappa shape index (κ2) is 6.70. The van der Waals surface area contributed by atoms with Crippen molar-refractivity contribution in [3.63, 3.8) is 0 Å². The van der Waals surface area contributed by atoms with Crippen LogP contribution in [0.4, 0.5) is 0 Å². The summed E-state index contributed by atoms with van der Waals surface area (Å²) in [6.07, 6.45) is 14.2. The third-order valence-corrected chi connectivity index (χ3v) is 9.86. The average molecular weight is 416 g/mol. The van der Waals surface area contributed by atoms with Crippen molar-refractivity contribution < 1.29 is 19.4 Å². The molecular formula is C25H37NO4. The monoisotopic (exact) mass is 415 g/mol. The fourth-order valence-corrected chi connectivity index (χ4v) is 9.96. The van der Waals surface area contributed by atoms with Crippen molar-refractivity contribution in [2.45, 2.75) is 89.1 Å². The van der Waals surface area contributed by atoms with E-state index in [0.717, 1.165) is 56.4 Å². The van der Waals surface area contributed by atoms with Crippen LogP contribution in [-0.4, -0.2) is 35.7 Å². The molecule has 0 aromatic carbocycles. The minimum Gasteiger partial charge on any atom is -0.456 e. The highest BCUT2D eigenvalue weighted by Crippen LogP contribution is 2.63. The van der Waals surface area contributed by atoms with Gasteiger partial charge in [0.15, 0.2) is 6.61 Å². The maximum atomic E-state index is 12.6. The average Bonchev–Trinajstić information content (AvgIpc) is 2.61. The molecule has 8 fully saturated rings. The lowest BCUT2D eigenvalue weighted by molar-refractivity contribution is -0.177. The van der Waals surface area contributed by atoms with Crippen molar-refractivity contribution >= 4 is 11.9 Å². The Hall–Kier alpha value is -1.10. The number of hydrogen-bond acceptors (Lipinski definition) is 4. The zero-order chi connectivity index (χ0) is 20.6. The van der Waals surface area contributed by atoms with Crippen LogP contribution in [0.2, 0.25) is 0 Å². The number of amides is 1. The first-order chi connectivity index (χ1) is 14.3. The van der Waals surface area contributed by atoms with Crippen molar-refractivity contribution in [2.24, 2.45) is 40.4 Å². The molecule has 5 nitrogen and oxygen atoms in total. The van der Waals surface area contributed by atoms with Crippen LogP contribution >= 0.6 is 0 Å². The molecule has 0 heterocycles. The van der Waals surface area contributed by atoms with E-state index in [1.807, 2.05) is 0 Å². The predicted molar refractivity (Wildman–Crippen MR) is 111 cm³/mol. The summed E-state index contributed by atoms with van der Waals surface area (Å²) in [4.78, 5) is 25.0. The largest absolute Gasteiger partial charge is 0.456 e. The quantitative estimate of drug-likeness (QED) is 0.650. The van der Waals surface area contributed by atoms with Crippen LogP contribution in [-0.2, 0) is 14.3 Å². The Morgan fingerprint density at radius 1 is 0.800 bits per heavy atom. The number of aliphatic hydroxyl groups is 1. The first-order valence-corrected chi connectivity index (χ1v) is 12.4. The van der Waals surface area contributed by atoms with Gasteiger partial charge in [-0.15, -0.1) is 0 Å². The summed E-state index contributed by atoms with van der Waals surface area (Å²) in [6.45, 7) is 0.603. The number of rotatable bonds is 6. The lowest BCUT2D eigenvalue weighted by Crippen LogP contribution is -2.56. The standard InChI is InChI=1S/C25H37NO4/c27-21(26-15-24-5-16-1-17(6-24)3-18(2-16)7-24)13-30-22(28)12-23-8-19-4-20(9-23)11-25(29,10-19)14-23/h16-20,29H,1-15H2,(H,26,27)/t16?,17?,18?,19-,20-,23?,24?,25?/m0/s1. The second-order valence-electron chi connectivity index (χ2n) is 12.7. The lowest BCUT2D eigenvalue weighted by atomic mass is 9.47. The van der Waals surface area contributed by atoms with E-state index in [1.165, 1.54) is 44.9 Å². The molecule has 0 unspecified atom stereocenters. The first kappa shape index (κ1) is 19.6. The van der Waals surface area contributed by atoms with Gasteiger partial charge in [0.1, 0.15) is 0 Å². The van der Waals surface area contributed by atoms with Crippen LogP contribution in [0.1, 0.15) is 83.5 Å². The summed E-state index contributed by atoms with van der Waals surface area (Å²) in [5.74, 6) is 3.34. The molecule has 166 valence electrons. The Kier molecular flexibility index (Phi) is 4.37. The normalized spacial score (nSPS) is 50.0. The summed E-state index contributed by atoms with van der Waals surface area (Å²) < 4.78 is 5.41. The molecule has 8 aliphatic carbocycles. The van der Waals surface area contributed by atoms with E-state index in [1.54, 1.807) is 0 Å². The molecule has 8 aliphatic rings. The zero-order valence-electron chi connectivity index (χ0n) is 18.2. The van der Waals surface area contributed by atoms with E-state index in [4.69, 9.17) is 4.74 Å². The Bertz CT molecular complexity index is 696. The Balaban J connectivity index is 0.988. The molecule has 8 bridgehead atoms. The van der Waals surface area contributed by atoms with E-state index < -0.39 is 5.60 Å². The van der Waals surface area contributed by atoms with E-state index >= 15 is 0 Å². The molecule has 8 rings (SSSR count).